The van der Waals surface area contributed by atoms with E-state index >= 15 is 0 Å². The Balaban J connectivity index is 1.71. The molecule has 5 nitrogen and oxygen atoms in total. The first-order valence-electron chi connectivity index (χ1n) is 6.27. The van der Waals surface area contributed by atoms with E-state index in [1.807, 2.05) is 0 Å². The summed E-state index contributed by atoms with van der Waals surface area (Å²) in [6.07, 6.45) is 2.70. The summed E-state index contributed by atoms with van der Waals surface area (Å²) in [5.74, 6) is 0. The van der Waals surface area contributed by atoms with Gasteiger partial charge in [0.05, 0.1) is 39.1 Å². The van der Waals surface area contributed by atoms with Gasteiger partial charge >= 0.3 is 0 Å². The van der Waals surface area contributed by atoms with E-state index in [9.17, 15) is 0 Å². The van der Waals surface area contributed by atoms with Crippen LogP contribution in [0.15, 0.2) is 0 Å². The highest BCUT2D eigenvalue weighted by molar-refractivity contribution is 4.85. The molecule has 1 saturated carbocycles. The summed E-state index contributed by atoms with van der Waals surface area (Å²) in [7, 11) is 3.44. The maximum Gasteiger partial charge on any atom is 0.0701 e. The Morgan fingerprint density at radius 2 is 1.59 bits per heavy atom. The Morgan fingerprint density at radius 3 is 2.24 bits per heavy atom. The second kappa shape index (κ2) is 9.79. The number of hydrogen-bond acceptors (Lipinski definition) is 5. The van der Waals surface area contributed by atoms with Gasteiger partial charge < -0.3 is 24.3 Å². The second-order valence-electron chi connectivity index (χ2n) is 4.20. The maximum atomic E-state index is 5.43. The molecular weight excluding hydrogens is 222 g/mol. The topological polar surface area (TPSA) is 49.0 Å². The van der Waals surface area contributed by atoms with Gasteiger partial charge in [0.2, 0.25) is 0 Å². The molecule has 102 valence electrons. The van der Waals surface area contributed by atoms with Crippen molar-refractivity contribution in [3.63, 3.8) is 0 Å². The Morgan fingerprint density at radius 1 is 0.941 bits per heavy atom. The molecule has 1 aliphatic rings. The number of hydrogen-bond donors (Lipinski definition) is 1. The third-order valence-electron chi connectivity index (χ3n) is 2.91. The van der Waals surface area contributed by atoms with Gasteiger partial charge in [-0.25, -0.2) is 0 Å². The molecule has 0 bridgehead atoms. The molecule has 0 aromatic carbocycles. The van der Waals surface area contributed by atoms with Crippen LogP contribution in [0.5, 0.6) is 0 Å². The number of nitrogens with one attached hydrogen (secondary N) is 1. The summed E-state index contributed by atoms with van der Waals surface area (Å²) in [5, 5.41) is 3.43. The van der Waals surface area contributed by atoms with Gasteiger partial charge in [0, 0.05) is 26.8 Å². The summed E-state index contributed by atoms with van der Waals surface area (Å²) in [4.78, 5) is 0. The molecule has 5 heteroatoms. The SMILES string of the molecule is COCCOCCOCCNC1CC(OC)C1. The fourth-order valence-corrected chi connectivity index (χ4v) is 1.72. The minimum Gasteiger partial charge on any atom is -0.382 e. The second-order valence-corrected chi connectivity index (χ2v) is 4.20. The summed E-state index contributed by atoms with van der Waals surface area (Å²) in [6.45, 7) is 4.21. The zero-order valence-electron chi connectivity index (χ0n) is 10.9. The Bertz CT molecular complexity index is 174. The third kappa shape index (κ3) is 6.95. The van der Waals surface area contributed by atoms with E-state index in [-0.39, 0.29) is 0 Å². The van der Waals surface area contributed by atoms with Gasteiger partial charge in [-0.3, -0.25) is 0 Å². The quantitative estimate of drug-likeness (QED) is 0.537. The molecule has 0 saturated heterocycles. The highest BCUT2D eigenvalue weighted by atomic mass is 16.5. The maximum absolute atomic E-state index is 5.43. The van der Waals surface area contributed by atoms with Crippen LogP contribution in [0.2, 0.25) is 0 Å². The van der Waals surface area contributed by atoms with Crippen LogP contribution in [0.1, 0.15) is 12.8 Å². The predicted octanol–water partition coefficient (Wildman–Crippen LogP) is 0.433. The van der Waals surface area contributed by atoms with Crippen molar-refractivity contribution < 1.29 is 18.9 Å². The fraction of sp³-hybridized carbons (Fsp3) is 1.00. The van der Waals surface area contributed by atoms with Crippen LogP contribution in [0.3, 0.4) is 0 Å². The van der Waals surface area contributed by atoms with Crippen molar-refractivity contribution >= 4 is 0 Å². The van der Waals surface area contributed by atoms with Gasteiger partial charge in [-0.1, -0.05) is 0 Å². The molecule has 0 aromatic rings. The lowest BCUT2D eigenvalue weighted by Crippen LogP contribution is -2.46. The van der Waals surface area contributed by atoms with E-state index in [1.54, 1.807) is 14.2 Å². The largest absolute Gasteiger partial charge is 0.382 e. The normalized spacial score (nSPS) is 23.6. The molecule has 0 spiro atoms. The van der Waals surface area contributed by atoms with Crippen LogP contribution in [0.4, 0.5) is 0 Å². The smallest absolute Gasteiger partial charge is 0.0701 e. The van der Waals surface area contributed by atoms with Crippen LogP contribution in [-0.4, -0.2) is 65.9 Å². The van der Waals surface area contributed by atoms with E-state index in [4.69, 9.17) is 18.9 Å². The standard InChI is InChI=1S/C12H25NO4/c1-14-5-6-17-8-7-16-4-3-13-11-9-12(10-11)15-2/h11-13H,3-10H2,1-2H3. The molecular formula is C12H25NO4. The zero-order valence-corrected chi connectivity index (χ0v) is 10.9. The summed E-state index contributed by atoms with van der Waals surface area (Å²) >= 11 is 0. The van der Waals surface area contributed by atoms with Gasteiger partial charge in [-0.05, 0) is 12.8 Å². The molecule has 0 radical (unpaired) electrons. The lowest BCUT2D eigenvalue weighted by molar-refractivity contribution is 0.00927. The average Bonchev–Trinajstić information content (AvgIpc) is 2.29. The molecule has 1 rings (SSSR count). The van der Waals surface area contributed by atoms with Crippen molar-refractivity contribution in [2.24, 2.45) is 0 Å². The lowest BCUT2D eigenvalue weighted by atomic mass is 9.89. The minimum absolute atomic E-state index is 0.461. The summed E-state index contributed by atoms with van der Waals surface area (Å²) < 4.78 is 20.8. The summed E-state index contributed by atoms with van der Waals surface area (Å²) in [5.41, 5.74) is 0. The number of ether oxygens (including phenoxy) is 4. The highest BCUT2D eigenvalue weighted by Gasteiger charge is 2.27. The molecule has 1 aliphatic carbocycles. The fourth-order valence-electron chi connectivity index (χ4n) is 1.72. The molecule has 0 amide bonds. The number of methoxy groups -OCH3 is 2. The van der Waals surface area contributed by atoms with E-state index in [1.165, 1.54) is 0 Å². The average molecular weight is 247 g/mol. The molecule has 0 unspecified atom stereocenters. The van der Waals surface area contributed by atoms with Crippen LogP contribution < -0.4 is 5.32 Å². The number of rotatable bonds is 11. The first kappa shape index (κ1) is 14.9. The van der Waals surface area contributed by atoms with E-state index in [0.29, 0.717) is 38.6 Å². The van der Waals surface area contributed by atoms with E-state index in [2.05, 4.69) is 5.32 Å². The van der Waals surface area contributed by atoms with Gasteiger partial charge in [-0.2, -0.15) is 0 Å². The predicted molar refractivity (Wildman–Crippen MR) is 65.3 cm³/mol. The van der Waals surface area contributed by atoms with Crippen molar-refractivity contribution in [1.29, 1.82) is 0 Å². The van der Waals surface area contributed by atoms with E-state index in [0.717, 1.165) is 26.0 Å². The zero-order chi connectivity index (χ0) is 12.3. The summed E-state index contributed by atoms with van der Waals surface area (Å²) in [6, 6.07) is 0.613. The first-order valence-corrected chi connectivity index (χ1v) is 6.27. The van der Waals surface area contributed by atoms with Gasteiger partial charge in [0.25, 0.3) is 0 Å². The van der Waals surface area contributed by atoms with Crippen LogP contribution >= 0.6 is 0 Å². The molecule has 1 fully saturated rings. The first-order chi connectivity index (χ1) is 8.36. The lowest BCUT2D eigenvalue weighted by Gasteiger charge is -2.34. The van der Waals surface area contributed by atoms with Crippen molar-refractivity contribution in [1.82, 2.24) is 5.32 Å². The molecule has 0 aliphatic heterocycles. The Hall–Kier alpha value is -0.200. The van der Waals surface area contributed by atoms with Crippen molar-refractivity contribution in [3.05, 3.63) is 0 Å². The molecule has 1 N–H and O–H groups in total. The molecule has 0 heterocycles. The van der Waals surface area contributed by atoms with Crippen molar-refractivity contribution in [3.8, 4) is 0 Å². The molecule has 17 heavy (non-hydrogen) atoms. The van der Waals surface area contributed by atoms with Gasteiger partial charge in [0.15, 0.2) is 0 Å². The van der Waals surface area contributed by atoms with Gasteiger partial charge in [-0.15, -0.1) is 0 Å². The van der Waals surface area contributed by atoms with Gasteiger partial charge in [0.1, 0.15) is 0 Å². The van der Waals surface area contributed by atoms with E-state index < -0.39 is 0 Å². The molecule has 0 atom stereocenters. The van der Waals surface area contributed by atoms with Crippen LogP contribution in [0, 0.1) is 0 Å². The Labute approximate surface area is 104 Å². The van der Waals surface area contributed by atoms with Crippen LogP contribution in [-0.2, 0) is 18.9 Å². The minimum atomic E-state index is 0.461. The molecule has 0 aromatic heterocycles. The highest BCUT2D eigenvalue weighted by Crippen LogP contribution is 2.21. The van der Waals surface area contributed by atoms with Crippen LogP contribution in [0.25, 0.3) is 0 Å². The monoisotopic (exact) mass is 247 g/mol. The van der Waals surface area contributed by atoms with Crippen molar-refractivity contribution in [2.75, 3.05) is 53.8 Å². The van der Waals surface area contributed by atoms with Crippen molar-refractivity contribution in [2.45, 2.75) is 25.0 Å². The Kier molecular flexibility index (Phi) is 8.56. The third-order valence-corrected chi connectivity index (χ3v) is 2.91.